The Morgan fingerprint density at radius 3 is 2.11 bits per heavy atom. The van der Waals surface area contributed by atoms with Crippen LogP contribution in [0.1, 0.15) is 12.8 Å². The van der Waals surface area contributed by atoms with Crippen molar-refractivity contribution < 1.29 is 21.6 Å². The molecule has 0 aliphatic carbocycles. The Morgan fingerprint density at radius 2 is 1.67 bits per heavy atom. The van der Waals surface area contributed by atoms with E-state index in [1.165, 1.54) is 0 Å². The zero-order chi connectivity index (χ0) is 13.9. The summed E-state index contributed by atoms with van der Waals surface area (Å²) in [6.45, 7) is 1.13. The Labute approximate surface area is 117 Å². The van der Waals surface area contributed by atoms with Crippen molar-refractivity contribution in [2.24, 2.45) is 5.41 Å². The van der Waals surface area contributed by atoms with Crippen molar-refractivity contribution in [1.29, 1.82) is 0 Å². The molecule has 0 bridgehead atoms. The Kier molecular flexibility index (Phi) is 5.64. The maximum atomic E-state index is 12.0. The van der Waals surface area contributed by atoms with E-state index >= 15 is 0 Å². The number of ether oxygens (including phenoxy) is 1. The molecule has 5 nitrogen and oxygen atoms in total. The van der Waals surface area contributed by atoms with E-state index in [1.807, 2.05) is 0 Å². The summed E-state index contributed by atoms with van der Waals surface area (Å²) in [7, 11) is -6.59. The van der Waals surface area contributed by atoms with E-state index in [0.29, 0.717) is 31.4 Å². The van der Waals surface area contributed by atoms with Crippen molar-refractivity contribution in [1.82, 2.24) is 0 Å². The molecule has 0 atom stereocenters. The van der Waals surface area contributed by atoms with Gasteiger partial charge in [-0.15, -0.1) is 0 Å². The highest BCUT2D eigenvalue weighted by Gasteiger charge is 2.36. The second-order valence-corrected chi connectivity index (χ2v) is 9.97. The molecule has 0 aromatic heterocycles. The van der Waals surface area contributed by atoms with Crippen LogP contribution in [0.3, 0.4) is 0 Å². The highest BCUT2D eigenvalue weighted by molar-refractivity contribution is 9.09. The van der Waals surface area contributed by atoms with Crippen molar-refractivity contribution in [2.75, 3.05) is 42.1 Å². The van der Waals surface area contributed by atoms with E-state index in [4.69, 9.17) is 4.74 Å². The molecule has 1 aliphatic rings. The summed E-state index contributed by atoms with van der Waals surface area (Å²) >= 11 is 3.37. The van der Waals surface area contributed by atoms with E-state index in [-0.39, 0.29) is 22.7 Å². The van der Waals surface area contributed by atoms with Gasteiger partial charge in [-0.25, -0.2) is 16.8 Å². The summed E-state index contributed by atoms with van der Waals surface area (Å²) in [6.07, 6.45) is 2.43. The second kappa shape index (κ2) is 6.19. The van der Waals surface area contributed by atoms with Gasteiger partial charge in [0.1, 0.15) is 9.84 Å². The van der Waals surface area contributed by atoms with Crippen molar-refractivity contribution in [3.05, 3.63) is 0 Å². The third kappa shape index (κ3) is 5.54. The SMILES string of the molecule is CS(=O)(=O)CCS(=O)(=O)CC1(CBr)CCOCC1. The molecule has 108 valence electrons. The topological polar surface area (TPSA) is 77.5 Å². The minimum atomic E-state index is -3.35. The lowest BCUT2D eigenvalue weighted by Crippen LogP contribution is -2.39. The van der Waals surface area contributed by atoms with Gasteiger partial charge >= 0.3 is 0 Å². The minimum Gasteiger partial charge on any atom is -0.381 e. The maximum absolute atomic E-state index is 12.0. The molecule has 0 unspecified atom stereocenters. The molecule has 0 saturated carbocycles. The molecule has 0 spiro atoms. The van der Waals surface area contributed by atoms with Crippen LogP contribution in [0.2, 0.25) is 0 Å². The normalized spacial score (nSPS) is 20.8. The summed E-state index contributed by atoms with van der Waals surface area (Å²) in [6, 6.07) is 0. The van der Waals surface area contributed by atoms with Crippen molar-refractivity contribution in [3.63, 3.8) is 0 Å². The van der Waals surface area contributed by atoms with Gasteiger partial charge < -0.3 is 4.74 Å². The van der Waals surface area contributed by atoms with Crippen molar-refractivity contribution in [3.8, 4) is 0 Å². The van der Waals surface area contributed by atoms with Crippen LogP contribution < -0.4 is 0 Å². The predicted octanol–water partition coefficient (Wildman–Crippen LogP) is 0.637. The first-order chi connectivity index (χ1) is 8.18. The van der Waals surface area contributed by atoms with E-state index < -0.39 is 19.7 Å². The summed E-state index contributed by atoms with van der Waals surface area (Å²) < 4.78 is 51.3. The Bertz CT molecular complexity index is 462. The van der Waals surface area contributed by atoms with Gasteiger partial charge in [-0.2, -0.15) is 0 Å². The molecule has 1 fully saturated rings. The lowest BCUT2D eigenvalue weighted by atomic mass is 9.85. The molecule has 0 aromatic carbocycles. The number of alkyl halides is 1. The third-order valence-electron chi connectivity index (χ3n) is 3.13. The van der Waals surface area contributed by atoms with E-state index in [9.17, 15) is 16.8 Å². The quantitative estimate of drug-likeness (QED) is 0.647. The van der Waals surface area contributed by atoms with Crippen molar-refractivity contribution in [2.45, 2.75) is 12.8 Å². The van der Waals surface area contributed by atoms with Gasteiger partial charge in [0.15, 0.2) is 9.84 Å². The Balaban J connectivity index is 2.68. The van der Waals surface area contributed by atoms with Crippen LogP contribution in [0.4, 0.5) is 0 Å². The second-order valence-electron chi connectivity index (χ2n) is 4.97. The highest BCUT2D eigenvalue weighted by atomic mass is 79.9. The van der Waals surface area contributed by atoms with Gasteiger partial charge in [-0.1, -0.05) is 15.9 Å². The first-order valence-electron chi connectivity index (χ1n) is 5.70. The first kappa shape index (κ1) is 16.4. The monoisotopic (exact) mass is 362 g/mol. The minimum absolute atomic E-state index is 0.0319. The summed E-state index contributed by atoms with van der Waals surface area (Å²) in [5.74, 6) is -0.560. The molecule has 1 saturated heterocycles. The number of halogens is 1. The lowest BCUT2D eigenvalue weighted by Gasteiger charge is -2.35. The molecular formula is C10H19BrO5S2. The van der Waals surface area contributed by atoms with E-state index in [2.05, 4.69) is 15.9 Å². The average Bonchev–Trinajstić information content (AvgIpc) is 2.27. The van der Waals surface area contributed by atoms with Crippen LogP contribution >= 0.6 is 15.9 Å². The fourth-order valence-electron chi connectivity index (χ4n) is 1.94. The van der Waals surface area contributed by atoms with Gasteiger partial charge in [-0.05, 0) is 18.3 Å². The zero-order valence-electron chi connectivity index (χ0n) is 10.4. The molecule has 1 aliphatic heterocycles. The smallest absolute Gasteiger partial charge is 0.151 e. The highest BCUT2D eigenvalue weighted by Crippen LogP contribution is 2.34. The van der Waals surface area contributed by atoms with E-state index in [0.717, 1.165) is 6.26 Å². The van der Waals surface area contributed by atoms with E-state index in [1.54, 1.807) is 0 Å². The average molecular weight is 363 g/mol. The van der Waals surface area contributed by atoms with Gasteiger partial charge in [0.05, 0.1) is 17.3 Å². The van der Waals surface area contributed by atoms with Crippen LogP contribution in [0.5, 0.6) is 0 Å². The molecule has 0 amide bonds. The number of rotatable bonds is 6. The fraction of sp³-hybridized carbons (Fsp3) is 1.00. The van der Waals surface area contributed by atoms with Gasteiger partial charge in [0.25, 0.3) is 0 Å². The number of hydrogen-bond donors (Lipinski definition) is 0. The molecule has 0 radical (unpaired) electrons. The maximum Gasteiger partial charge on any atom is 0.151 e. The summed E-state index contributed by atoms with van der Waals surface area (Å²) in [5.41, 5.74) is -0.311. The van der Waals surface area contributed by atoms with Crippen LogP contribution in [0, 0.1) is 5.41 Å². The lowest BCUT2D eigenvalue weighted by molar-refractivity contribution is 0.0367. The van der Waals surface area contributed by atoms with Gasteiger partial charge in [0, 0.05) is 24.8 Å². The standard InChI is InChI=1S/C10H19BrO5S2/c1-17(12,13)6-7-18(14,15)9-10(8-11)2-4-16-5-3-10/h2-9H2,1H3. The van der Waals surface area contributed by atoms with Crippen LogP contribution in [0.25, 0.3) is 0 Å². The van der Waals surface area contributed by atoms with Gasteiger partial charge in [-0.3, -0.25) is 0 Å². The number of sulfone groups is 2. The molecule has 0 aromatic rings. The van der Waals surface area contributed by atoms with Crippen LogP contribution in [-0.2, 0) is 24.4 Å². The first-order valence-corrected chi connectivity index (χ1v) is 10.7. The molecule has 1 heterocycles. The number of hydrogen-bond acceptors (Lipinski definition) is 5. The summed E-state index contributed by atoms with van der Waals surface area (Å²) in [4.78, 5) is 0. The zero-order valence-corrected chi connectivity index (χ0v) is 13.6. The predicted molar refractivity (Wildman–Crippen MR) is 74.6 cm³/mol. The summed E-state index contributed by atoms with van der Waals surface area (Å²) in [5, 5.41) is 0.599. The third-order valence-corrected chi connectivity index (χ3v) is 7.40. The molecule has 0 N–H and O–H groups in total. The van der Waals surface area contributed by atoms with Crippen LogP contribution in [-0.4, -0.2) is 58.9 Å². The Hall–Kier alpha value is 0.340. The molecular weight excluding hydrogens is 344 g/mol. The molecule has 8 heteroatoms. The largest absolute Gasteiger partial charge is 0.381 e. The van der Waals surface area contributed by atoms with Crippen LogP contribution in [0.15, 0.2) is 0 Å². The Morgan fingerprint density at radius 1 is 1.11 bits per heavy atom. The fourth-order valence-corrected chi connectivity index (χ4v) is 6.65. The molecule has 1 rings (SSSR count). The van der Waals surface area contributed by atoms with Crippen molar-refractivity contribution >= 4 is 35.6 Å². The van der Waals surface area contributed by atoms with Gasteiger partial charge in [0.2, 0.25) is 0 Å². The molecule has 18 heavy (non-hydrogen) atoms.